The summed E-state index contributed by atoms with van der Waals surface area (Å²) in [4.78, 5) is 0. The highest BCUT2D eigenvalue weighted by Gasteiger charge is 2.15. The van der Waals surface area contributed by atoms with E-state index in [1.807, 2.05) is 42.5 Å². The molecule has 0 atom stereocenters. The largest absolute Gasteiger partial charge is 0.216 e. The van der Waals surface area contributed by atoms with Crippen molar-refractivity contribution in [3.05, 3.63) is 88.6 Å². The highest BCUT2D eigenvalue weighted by molar-refractivity contribution is 5.73. The van der Waals surface area contributed by atoms with E-state index in [4.69, 9.17) is 0 Å². The van der Waals surface area contributed by atoms with Crippen LogP contribution in [0.3, 0.4) is 0 Å². The zero-order valence-corrected chi connectivity index (χ0v) is 13.6. The van der Waals surface area contributed by atoms with Gasteiger partial charge in [-0.25, -0.2) is 5.21 Å². The average molecular weight is 317 g/mol. The van der Waals surface area contributed by atoms with Gasteiger partial charge in [-0.1, -0.05) is 48.0 Å². The number of hydrogen-bond acceptors (Lipinski definition) is 2. The van der Waals surface area contributed by atoms with E-state index >= 15 is 0 Å². The smallest absolute Gasteiger partial charge is 0.133 e. The van der Waals surface area contributed by atoms with Gasteiger partial charge in [-0.2, -0.15) is 10.7 Å². The molecule has 1 aliphatic carbocycles. The lowest BCUT2D eigenvalue weighted by Crippen LogP contribution is -2.73. The fraction of sp³-hybridized carbons (Fsp3) is 0.190. The molecule has 24 heavy (non-hydrogen) atoms. The lowest BCUT2D eigenvalue weighted by atomic mass is 9.96. The van der Waals surface area contributed by atoms with E-state index in [2.05, 4.69) is 18.2 Å². The summed E-state index contributed by atoms with van der Waals surface area (Å²) >= 11 is 0. The summed E-state index contributed by atoms with van der Waals surface area (Å²) in [6.07, 6.45) is 7.78. The molecular formula is C21H21N2O+. The normalized spacial score (nSPS) is 16.3. The van der Waals surface area contributed by atoms with E-state index in [9.17, 15) is 10.5 Å². The van der Waals surface area contributed by atoms with Crippen molar-refractivity contribution in [2.75, 3.05) is 0 Å². The van der Waals surface area contributed by atoms with Gasteiger partial charge in [0.25, 0.3) is 0 Å². The Labute approximate surface area is 142 Å². The minimum atomic E-state index is 0.802. The molecule has 3 heteroatoms. The molecule has 0 saturated heterocycles. The summed E-state index contributed by atoms with van der Waals surface area (Å²) in [5, 5.41) is 18.6. The van der Waals surface area contributed by atoms with E-state index < -0.39 is 0 Å². The van der Waals surface area contributed by atoms with Crippen molar-refractivity contribution >= 4 is 5.57 Å². The van der Waals surface area contributed by atoms with E-state index in [0.717, 1.165) is 47.9 Å². The van der Waals surface area contributed by atoms with Crippen LogP contribution in [0.1, 0.15) is 35.1 Å². The van der Waals surface area contributed by atoms with Crippen molar-refractivity contribution in [1.29, 1.82) is 5.26 Å². The molecule has 3 N–H and O–H groups in total. The molecule has 3 rings (SSSR count). The topological polar surface area (TPSA) is 60.6 Å². The van der Waals surface area contributed by atoms with Crippen LogP contribution in [0.25, 0.3) is 5.57 Å². The quantitative estimate of drug-likeness (QED) is 0.673. The highest BCUT2D eigenvalue weighted by Crippen LogP contribution is 2.28. The standard InChI is InChI=1S/C21H20N2O/c22-14-19-10-5-9-18-12-16(6-4-11-21(18)19)13-20(15-23-24)17-7-2-1-3-8-17/h1-3,5,7-10,13,15,23-24H,4,6,11-12H2/p+1/b16-13+,20-15+. The van der Waals surface area contributed by atoms with Gasteiger partial charge in [0, 0.05) is 5.57 Å². The third-order valence-electron chi connectivity index (χ3n) is 4.46. The lowest BCUT2D eigenvalue weighted by molar-refractivity contribution is -0.837. The number of benzene rings is 2. The third-order valence-corrected chi connectivity index (χ3v) is 4.46. The molecule has 0 radical (unpaired) electrons. The molecular weight excluding hydrogens is 296 g/mol. The average Bonchev–Trinajstić information content (AvgIpc) is 2.83. The third kappa shape index (κ3) is 3.62. The summed E-state index contributed by atoms with van der Waals surface area (Å²) in [5.74, 6) is 0. The first-order valence-corrected chi connectivity index (χ1v) is 8.25. The Kier molecular flexibility index (Phi) is 5.22. The van der Waals surface area contributed by atoms with Gasteiger partial charge in [-0.05, 0) is 54.5 Å². The van der Waals surface area contributed by atoms with Gasteiger partial charge in [0.1, 0.15) is 6.20 Å². The van der Waals surface area contributed by atoms with Crippen LogP contribution < -0.4 is 5.48 Å². The molecule has 1 aliphatic rings. The van der Waals surface area contributed by atoms with Crippen molar-refractivity contribution in [2.45, 2.75) is 25.7 Å². The number of nitrogens with zero attached hydrogens (tertiary/aromatic N) is 1. The molecule has 3 nitrogen and oxygen atoms in total. The summed E-state index contributed by atoms with van der Waals surface area (Å²) in [5.41, 5.74) is 7.77. The van der Waals surface area contributed by atoms with E-state index in [1.165, 1.54) is 16.7 Å². The van der Waals surface area contributed by atoms with Crippen LogP contribution in [0.2, 0.25) is 0 Å². The van der Waals surface area contributed by atoms with Crippen LogP contribution in [-0.4, -0.2) is 5.21 Å². The zero-order valence-electron chi connectivity index (χ0n) is 13.6. The van der Waals surface area contributed by atoms with Crippen LogP contribution in [0.15, 0.2) is 66.4 Å². The monoisotopic (exact) mass is 317 g/mol. The van der Waals surface area contributed by atoms with E-state index in [1.54, 1.807) is 6.20 Å². The number of allylic oxidation sites excluding steroid dienone is 3. The van der Waals surface area contributed by atoms with Crippen molar-refractivity contribution in [2.24, 2.45) is 0 Å². The van der Waals surface area contributed by atoms with Crippen LogP contribution in [0, 0.1) is 11.3 Å². The van der Waals surface area contributed by atoms with Gasteiger partial charge in [0.2, 0.25) is 0 Å². The van der Waals surface area contributed by atoms with E-state index in [0.29, 0.717) is 0 Å². The van der Waals surface area contributed by atoms with Gasteiger partial charge in [0.05, 0.1) is 11.6 Å². The lowest BCUT2D eigenvalue weighted by Gasteiger charge is -2.08. The van der Waals surface area contributed by atoms with Gasteiger partial charge in [-0.15, -0.1) is 0 Å². The molecule has 2 aromatic rings. The molecule has 0 spiro atoms. The Morgan fingerprint density at radius 1 is 1.08 bits per heavy atom. The Hall–Kier alpha value is -2.67. The number of nitrogens with two attached hydrogens (primary N) is 1. The summed E-state index contributed by atoms with van der Waals surface area (Å²) < 4.78 is 0. The number of nitriles is 1. The number of hydroxylamine groups is 1. The summed E-state index contributed by atoms with van der Waals surface area (Å²) in [6, 6.07) is 18.4. The zero-order chi connectivity index (χ0) is 16.8. The second-order valence-electron chi connectivity index (χ2n) is 6.03. The first kappa shape index (κ1) is 16.2. The Morgan fingerprint density at radius 3 is 2.67 bits per heavy atom. The fourth-order valence-corrected chi connectivity index (χ4v) is 3.31. The van der Waals surface area contributed by atoms with Crippen LogP contribution in [0.4, 0.5) is 0 Å². The van der Waals surface area contributed by atoms with Crippen molar-refractivity contribution in [3.8, 4) is 6.07 Å². The fourth-order valence-electron chi connectivity index (χ4n) is 3.31. The summed E-state index contributed by atoms with van der Waals surface area (Å²) in [6.45, 7) is 0. The SMILES string of the molecule is N#Cc1cccc2c1CCC/C(=C\C(=C/[NH2+]O)c1ccccc1)C2. The second kappa shape index (κ2) is 7.74. The van der Waals surface area contributed by atoms with E-state index in [-0.39, 0.29) is 0 Å². The van der Waals surface area contributed by atoms with Crippen molar-refractivity contribution < 1.29 is 10.7 Å². The summed E-state index contributed by atoms with van der Waals surface area (Å²) in [7, 11) is 0. The molecule has 0 saturated carbocycles. The molecule has 2 aromatic carbocycles. The Bertz CT molecular complexity index is 813. The highest BCUT2D eigenvalue weighted by atomic mass is 16.5. The molecule has 0 fully saturated rings. The van der Waals surface area contributed by atoms with Gasteiger partial charge in [-0.3, -0.25) is 0 Å². The van der Waals surface area contributed by atoms with Gasteiger partial charge >= 0.3 is 0 Å². The molecule has 120 valence electrons. The maximum absolute atomic E-state index is 9.31. The predicted molar refractivity (Wildman–Crippen MR) is 94.0 cm³/mol. The second-order valence-corrected chi connectivity index (χ2v) is 6.03. The Morgan fingerprint density at radius 2 is 1.92 bits per heavy atom. The number of quaternary nitrogens is 1. The van der Waals surface area contributed by atoms with Crippen LogP contribution in [0.5, 0.6) is 0 Å². The van der Waals surface area contributed by atoms with Crippen LogP contribution in [-0.2, 0) is 12.8 Å². The van der Waals surface area contributed by atoms with Crippen molar-refractivity contribution in [3.63, 3.8) is 0 Å². The minimum absolute atomic E-state index is 0.802. The van der Waals surface area contributed by atoms with Gasteiger partial charge in [0.15, 0.2) is 0 Å². The number of hydrogen-bond donors (Lipinski definition) is 2. The van der Waals surface area contributed by atoms with Crippen LogP contribution >= 0.6 is 0 Å². The molecule has 0 amide bonds. The molecule has 0 aliphatic heterocycles. The number of fused-ring (bicyclic) bond motifs is 1. The van der Waals surface area contributed by atoms with Gasteiger partial charge < -0.3 is 0 Å². The maximum Gasteiger partial charge on any atom is 0.133 e. The molecule has 0 heterocycles. The minimum Gasteiger partial charge on any atom is -0.216 e. The first-order valence-electron chi connectivity index (χ1n) is 8.25. The Balaban J connectivity index is 1.95. The first-order chi connectivity index (χ1) is 11.8. The maximum atomic E-state index is 9.31. The molecule has 0 bridgehead atoms. The predicted octanol–water partition coefficient (Wildman–Crippen LogP) is 3.36. The molecule has 0 unspecified atom stereocenters. The molecule has 0 aromatic heterocycles. The number of rotatable bonds is 3. The van der Waals surface area contributed by atoms with Crippen molar-refractivity contribution in [1.82, 2.24) is 0 Å².